The molecule has 1 unspecified atom stereocenters. The van der Waals surface area contributed by atoms with Crippen LogP contribution in [0.1, 0.15) is 24.2 Å². The van der Waals surface area contributed by atoms with Gasteiger partial charge in [0.1, 0.15) is 0 Å². The van der Waals surface area contributed by atoms with Crippen LogP contribution >= 0.6 is 0 Å². The van der Waals surface area contributed by atoms with Crippen LogP contribution < -0.4 is 5.73 Å². The van der Waals surface area contributed by atoms with E-state index in [0.29, 0.717) is 13.2 Å². The summed E-state index contributed by atoms with van der Waals surface area (Å²) < 4.78 is 5.55. The van der Waals surface area contributed by atoms with Gasteiger partial charge in [0, 0.05) is 24.3 Å². The maximum atomic E-state index is 5.90. The monoisotopic (exact) mass is 206 g/mol. The molecule has 1 aromatic heterocycles. The third-order valence-corrected chi connectivity index (χ3v) is 3.14. The Bertz CT molecular complexity index is 332. The quantitative estimate of drug-likeness (QED) is 0.795. The maximum absolute atomic E-state index is 5.90. The molecule has 1 atom stereocenters. The first kappa shape index (κ1) is 10.6. The lowest BCUT2D eigenvalue weighted by Crippen LogP contribution is -2.43. The number of aromatic nitrogens is 1. The third kappa shape index (κ3) is 2.03. The van der Waals surface area contributed by atoms with Crippen molar-refractivity contribution < 1.29 is 4.74 Å². The average molecular weight is 206 g/mol. The minimum Gasteiger partial charge on any atom is -0.380 e. The number of pyridine rings is 1. The van der Waals surface area contributed by atoms with Crippen LogP contribution in [-0.4, -0.2) is 24.7 Å². The van der Waals surface area contributed by atoms with Crippen LogP contribution in [-0.2, 0) is 10.2 Å². The highest BCUT2D eigenvalue weighted by atomic mass is 16.5. The second-order valence-corrected chi connectivity index (χ2v) is 4.30. The maximum Gasteiger partial charge on any atom is 0.0590 e. The summed E-state index contributed by atoms with van der Waals surface area (Å²) in [4.78, 5) is 4.58. The third-order valence-electron chi connectivity index (χ3n) is 3.14. The number of hydrogen-bond acceptors (Lipinski definition) is 3. The van der Waals surface area contributed by atoms with Crippen LogP contribution in [0, 0.1) is 6.92 Å². The van der Waals surface area contributed by atoms with Gasteiger partial charge in [-0.2, -0.15) is 0 Å². The molecule has 0 spiro atoms. The number of nitrogens with zero attached hydrogens (tertiary/aromatic N) is 1. The SMILES string of the molecule is Cc1cccc(C2(CN)CCCOC2)n1. The Kier molecular flexibility index (Phi) is 3.03. The lowest BCUT2D eigenvalue weighted by Gasteiger charge is -2.35. The number of hydrogen-bond donors (Lipinski definition) is 1. The predicted molar refractivity (Wildman–Crippen MR) is 59.8 cm³/mol. The van der Waals surface area contributed by atoms with Crippen molar-refractivity contribution in [3.05, 3.63) is 29.6 Å². The summed E-state index contributed by atoms with van der Waals surface area (Å²) in [6.07, 6.45) is 2.16. The molecule has 3 nitrogen and oxygen atoms in total. The van der Waals surface area contributed by atoms with Crippen molar-refractivity contribution in [1.82, 2.24) is 4.98 Å². The Morgan fingerprint density at radius 1 is 1.53 bits per heavy atom. The largest absolute Gasteiger partial charge is 0.380 e. The van der Waals surface area contributed by atoms with Crippen LogP contribution in [0.25, 0.3) is 0 Å². The van der Waals surface area contributed by atoms with Gasteiger partial charge in [0.25, 0.3) is 0 Å². The van der Waals surface area contributed by atoms with Gasteiger partial charge in [-0.15, -0.1) is 0 Å². The van der Waals surface area contributed by atoms with Gasteiger partial charge in [-0.25, -0.2) is 0 Å². The highest BCUT2D eigenvalue weighted by Crippen LogP contribution is 2.30. The van der Waals surface area contributed by atoms with E-state index >= 15 is 0 Å². The second-order valence-electron chi connectivity index (χ2n) is 4.30. The first-order valence-electron chi connectivity index (χ1n) is 5.49. The van der Waals surface area contributed by atoms with Gasteiger partial charge in [-0.05, 0) is 31.9 Å². The zero-order valence-electron chi connectivity index (χ0n) is 9.20. The summed E-state index contributed by atoms with van der Waals surface area (Å²) >= 11 is 0. The van der Waals surface area contributed by atoms with Crippen LogP contribution in [0.4, 0.5) is 0 Å². The van der Waals surface area contributed by atoms with Crippen molar-refractivity contribution in [3.63, 3.8) is 0 Å². The van der Waals surface area contributed by atoms with E-state index in [-0.39, 0.29) is 5.41 Å². The van der Waals surface area contributed by atoms with Crippen molar-refractivity contribution in [2.45, 2.75) is 25.2 Å². The van der Waals surface area contributed by atoms with Crippen LogP contribution in [0.2, 0.25) is 0 Å². The molecule has 2 heterocycles. The zero-order chi connectivity index (χ0) is 10.7. The smallest absolute Gasteiger partial charge is 0.0590 e. The van der Waals surface area contributed by atoms with Gasteiger partial charge in [0.05, 0.1) is 12.3 Å². The molecule has 0 bridgehead atoms. The fourth-order valence-corrected chi connectivity index (χ4v) is 2.16. The minimum absolute atomic E-state index is 0.0513. The molecule has 2 N–H and O–H groups in total. The van der Waals surface area contributed by atoms with E-state index in [0.717, 1.165) is 30.8 Å². The molecule has 15 heavy (non-hydrogen) atoms. The van der Waals surface area contributed by atoms with Gasteiger partial charge in [0.15, 0.2) is 0 Å². The van der Waals surface area contributed by atoms with E-state index in [1.807, 2.05) is 19.1 Å². The fraction of sp³-hybridized carbons (Fsp3) is 0.583. The van der Waals surface area contributed by atoms with E-state index in [4.69, 9.17) is 10.5 Å². The second kappa shape index (κ2) is 4.29. The predicted octanol–water partition coefficient (Wildman–Crippen LogP) is 1.40. The highest BCUT2D eigenvalue weighted by Gasteiger charge is 2.34. The molecule has 1 aromatic rings. The Hall–Kier alpha value is -0.930. The van der Waals surface area contributed by atoms with E-state index in [1.54, 1.807) is 0 Å². The Morgan fingerprint density at radius 2 is 2.40 bits per heavy atom. The molecular formula is C12H18N2O. The first-order valence-corrected chi connectivity index (χ1v) is 5.49. The minimum atomic E-state index is -0.0513. The van der Waals surface area contributed by atoms with E-state index in [9.17, 15) is 0 Å². The Morgan fingerprint density at radius 3 is 3.00 bits per heavy atom. The molecule has 3 heteroatoms. The van der Waals surface area contributed by atoms with Crippen molar-refractivity contribution in [3.8, 4) is 0 Å². The summed E-state index contributed by atoms with van der Waals surface area (Å²) in [5, 5.41) is 0. The van der Waals surface area contributed by atoms with Crippen molar-refractivity contribution in [2.24, 2.45) is 5.73 Å². The molecule has 1 fully saturated rings. The van der Waals surface area contributed by atoms with Crippen LogP contribution in [0.3, 0.4) is 0 Å². The first-order chi connectivity index (χ1) is 7.27. The molecule has 0 aromatic carbocycles. The summed E-state index contributed by atoms with van der Waals surface area (Å²) in [6, 6.07) is 6.12. The van der Waals surface area contributed by atoms with Crippen molar-refractivity contribution in [2.75, 3.05) is 19.8 Å². The van der Waals surface area contributed by atoms with Gasteiger partial charge in [-0.3, -0.25) is 4.98 Å². The number of rotatable bonds is 2. The molecule has 1 aliphatic heterocycles. The molecule has 2 rings (SSSR count). The van der Waals surface area contributed by atoms with Gasteiger partial charge < -0.3 is 10.5 Å². The lowest BCUT2D eigenvalue weighted by molar-refractivity contribution is 0.0359. The summed E-state index contributed by atoms with van der Waals surface area (Å²) in [6.45, 7) is 4.19. The standard InChI is InChI=1S/C12H18N2O/c1-10-4-2-5-11(14-10)12(8-13)6-3-7-15-9-12/h2,4-5H,3,6-9,13H2,1H3. The molecule has 0 radical (unpaired) electrons. The average Bonchev–Trinajstić information content (AvgIpc) is 2.30. The molecule has 0 aliphatic carbocycles. The normalized spacial score (nSPS) is 26.5. The highest BCUT2D eigenvalue weighted by molar-refractivity contribution is 5.21. The van der Waals surface area contributed by atoms with E-state index in [2.05, 4.69) is 11.1 Å². The fourth-order valence-electron chi connectivity index (χ4n) is 2.16. The molecule has 0 saturated carbocycles. The zero-order valence-corrected chi connectivity index (χ0v) is 9.20. The number of aryl methyl sites for hydroxylation is 1. The van der Waals surface area contributed by atoms with Gasteiger partial charge >= 0.3 is 0 Å². The summed E-state index contributed by atoms with van der Waals surface area (Å²) in [5.74, 6) is 0. The van der Waals surface area contributed by atoms with Crippen LogP contribution in [0.15, 0.2) is 18.2 Å². The lowest BCUT2D eigenvalue weighted by atomic mass is 9.79. The topological polar surface area (TPSA) is 48.1 Å². The van der Waals surface area contributed by atoms with E-state index in [1.165, 1.54) is 0 Å². The molecular weight excluding hydrogens is 188 g/mol. The number of nitrogens with two attached hydrogens (primary N) is 1. The van der Waals surface area contributed by atoms with E-state index < -0.39 is 0 Å². The van der Waals surface area contributed by atoms with Gasteiger partial charge in [-0.1, -0.05) is 6.07 Å². The molecule has 0 amide bonds. The van der Waals surface area contributed by atoms with Crippen LogP contribution in [0.5, 0.6) is 0 Å². The van der Waals surface area contributed by atoms with Gasteiger partial charge in [0.2, 0.25) is 0 Å². The Balaban J connectivity index is 2.32. The van der Waals surface area contributed by atoms with Crippen molar-refractivity contribution in [1.29, 1.82) is 0 Å². The number of ether oxygens (including phenoxy) is 1. The summed E-state index contributed by atoms with van der Waals surface area (Å²) in [5.41, 5.74) is 7.98. The Labute approximate surface area is 90.7 Å². The summed E-state index contributed by atoms with van der Waals surface area (Å²) in [7, 11) is 0. The molecule has 1 aliphatic rings. The van der Waals surface area contributed by atoms with Crippen molar-refractivity contribution >= 4 is 0 Å². The molecule has 1 saturated heterocycles. The molecule has 82 valence electrons.